The van der Waals surface area contributed by atoms with Crippen LogP contribution in [0.15, 0.2) is 12.1 Å². The topological polar surface area (TPSA) is 12.0 Å². The molecule has 0 saturated carbocycles. The van der Waals surface area contributed by atoms with Gasteiger partial charge in [0.05, 0.1) is 0 Å². The first-order valence-corrected chi connectivity index (χ1v) is 5.14. The van der Waals surface area contributed by atoms with Gasteiger partial charge in [-0.3, -0.25) is 3.53 Å². The van der Waals surface area contributed by atoms with Gasteiger partial charge in [-0.15, -0.1) is 0 Å². The Morgan fingerprint density at radius 1 is 1.17 bits per heavy atom. The molecule has 1 aromatic carbocycles. The van der Waals surface area contributed by atoms with Crippen molar-refractivity contribution in [2.45, 2.75) is 27.3 Å². The summed E-state index contributed by atoms with van der Waals surface area (Å²) in [4.78, 5) is 0. The summed E-state index contributed by atoms with van der Waals surface area (Å²) in [6.07, 6.45) is 0. The normalized spacial score (nSPS) is 10.3. The Labute approximate surface area is 88.1 Å². The third-order valence-electron chi connectivity index (χ3n) is 2.35. The maximum atomic E-state index is 3.16. The monoisotopic (exact) mass is 275 g/mol. The average Bonchev–Trinajstić information content (AvgIpc) is 2.06. The molecule has 0 radical (unpaired) electrons. The van der Waals surface area contributed by atoms with Crippen LogP contribution in [0, 0.1) is 20.8 Å². The third-order valence-corrected chi connectivity index (χ3v) is 2.73. The zero-order chi connectivity index (χ0) is 9.14. The van der Waals surface area contributed by atoms with E-state index in [1.807, 2.05) is 0 Å². The Kier molecular flexibility index (Phi) is 3.53. The molecule has 0 fully saturated rings. The van der Waals surface area contributed by atoms with Crippen LogP contribution in [0.3, 0.4) is 0 Å². The number of benzene rings is 1. The highest BCUT2D eigenvalue weighted by Gasteiger charge is 2.02. The van der Waals surface area contributed by atoms with Gasteiger partial charge in [0.15, 0.2) is 0 Å². The van der Waals surface area contributed by atoms with E-state index in [9.17, 15) is 0 Å². The SMILES string of the molecule is Cc1ccc(C)c(CNI)c1C. The number of halogens is 1. The van der Waals surface area contributed by atoms with Gasteiger partial charge in [0, 0.05) is 29.4 Å². The molecule has 1 aromatic rings. The zero-order valence-corrected chi connectivity index (χ0v) is 9.90. The molecule has 1 nitrogen and oxygen atoms in total. The van der Waals surface area contributed by atoms with Crippen LogP contribution in [0.5, 0.6) is 0 Å². The van der Waals surface area contributed by atoms with E-state index in [-0.39, 0.29) is 0 Å². The fraction of sp³-hybridized carbons (Fsp3) is 0.400. The average molecular weight is 275 g/mol. The second-order valence-corrected chi connectivity index (χ2v) is 3.88. The second kappa shape index (κ2) is 4.23. The smallest absolute Gasteiger partial charge is 0.0306 e. The van der Waals surface area contributed by atoms with Gasteiger partial charge in [0.1, 0.15) is 0 Å². The van der Waals surface area contributed by atoms with E-state index < -0.39 is 0 Å². The van der Waals surface area contributed by atoms with Gasteiger partial charge in [-0.1, -0.05) is 12.1 Å². The minimum atomic E-state index is 0.958. The molecule has 2 heteroatoms. The van der Waals surface area contributed by atoms with Crippen LogP contribution < -0.4 is 3.53 Å². The molecule has 0 amide bonds. The van der Waals surface area contributed by atoms with Gasteiger partial charge in [-0.25, -0.2) is 0 Å². The molecule has 0 aromatic heterocycles. The number of aryl methyl sites for hydroxylation is 2. The lowest BCUT2D eigenvalue weighted by molar-refractivity contribution is 0.974. The number of hydrogen-bond donors (Lipinski definition) is 1. The quantitative estimate of drug-likeness (QED) is 0.646. The maximum absolute atomic E-state index is 3.16. The van der Waals surface area contributed by atoms with Crippen molar-refractivity contribution in [3.63, 3.8) is 0 Å². The molecule has 0 bridgehead atoms. The van der Waals surface area contributed by atoms with E-state index >= 15 is 0 Å². The van der Waals surface area contributed by atoms with Crippen molar-refractivity contribution in [3.8, 4) is 0 Å². The fourth-order valence-electron chi connectivity index (χ4n) is 1.35. The van der Waals surface area contributed by atoms with Crippen molar-refractivity contribution in [2.75, 3.05) is 0 Å². The number of rotatable bonds is 2. The van der Waals surface area contributed by atoms with Crippen LogP contribution in [0.4, 0.5) is 0 Å². The Hall–Kier alpha value is -0.0900. The summed E-state index contributed by atoms with van der Waals surface area (Å²) in [5.41, 5.74) is 5.60. The standard InChI is InChI=1S/C10H14IN/c1-7-4-5-8(2)10(6-12-11)9(7)3/h4-5,12H,6H2,1-3H3. The molecular formula is C10H14IN. The number of hydrogen-bond acceptors (Lipinski definition) is 1. The van der Waals surface area contributed by atoms with E-state index in [1.54, 1.807) is 0 Å². The van der Waals surface area contributed by atoms with Crippen molar-refractivity contribution in [2.24, 2.45) is 0 Å². The summed E-state index contributed by atoms with van der Waals surface area (Å²) in [6, 6.07) is 4.37. The highest BCUT2D eigenvalue weighted by Crippen LogP contribution is 2.17. The Morgan fingerprint density at radius 3 is 2.33 bits per heavy atom. The first-order chi connectivity index (χ1) is 5.66. The van der Waals surface area contributed by atoms with E-state index in [2.05, 4.69) is 59.3 Å². The van der Waals surface area contributed by atoms with Crippen LogP contribution in [0.2, 0.25) is 0 Å². The minimum Gasteiger partial charge on any atom is -0.257 e. The van der Waals surface area contributed by atoms with Crippen molar-refractivity contribution in [1.82, 2.24) is 3.53 Å². The molecule has 0 atom stereocenters. The van der Waals surface area contributed by atoms with Crippen molar-refractivity contribution in [3.05, 3.63) is 34.4 Å². The molecule has 0 aliphatic rings. The minimum absolute atomic E-state index is 0.958. The van der Waals surface area contributed by atoms with Crippen molar-refractivity contribution < 1.29 is 0 Å². The summed E-state index contributed by atoms with van der Waals surface area (Å²) in [7, 11) is 0. The van der Waals surface area contributed by atoms with Crippen LogP contribution in [-0.2, 0) is 6.54 Å². The first kappa shape index (κ1) is 9.99. The molecule has 0 aliphatic heterocycles. The number of nitrogens with one attached hydrogen (secondary N) is 1. The molecule has 0 unspecified atom stereocenters. The molecule has 12 heavy (non-hydrogen) atoms. The van der Waals surface area contributed by atoms with E-state index in [1.165, 1.54) is 22.3 Å². The van der Waals surface area contributed by atoms with Gasteiger partial charge in [0.2, 0.25) is 0 Å². The highest BCUT2D eigenvalue weighted by atomic mass is 127. The molecule has 0 aliphatic carbocycles. The summed E-state index contributed by atoms with van der Waals surface area (Å²) in [5.74, 6) is 0. The fourth-order valence-corrected chi connectivity index (χ4v) is 1.73. The molecule has 1 rings (SSSR count). The molecular weight excluding hydrogens is 261 g/mol. The Bertz CT molecular complexity index is 281. The van der Waals surface area contributed by atoms with Crippen LogP contribution in [-0.4, -0.2) is 0 Å². The highest BCUT2D eigenvalue weighted by molar-refractivity contribution is 14.1. The summed E-state index contributed by atoms with van der Waals surface area (Å²) >= 11 is 2.19. The molecule has 1 N–H and O–H groups in total. The van der Waals surface area contributed by atoms with Gasteiger partial charge >= 0.3 is 0 Å². The Morgan fingerprint density at radius 2 is 1.75 bits per heavy atom. The van der Waals surface area contributed by atoms with Crippen LogP contribution >= 0.6 is 22.9 Å². The molecule has 66 valence electrons. The summed E-state index contributed by atoms with van der Waals surface area (Å²) in [5, 5.41) is 0. The predicted octanol–water partition coefficient (Wildman–Crippen LogP) is 3.05. The summed E-state index contributed by atoms with van der Waals surface area (Å²) in [6.45, 7) is 7.47. The maximum Gasteiger partial charge on any atom is 0.0306 e. The van der Waals surface area contributed by atoms with E-state index in [0.29, 0.717) is 0 Å². The zero-order valence-electron chi connectivity index (χ0n) is 7.74. The van der Waals surface area contributed by atoms with E-state index in [4.69, 9.17) is 0 Å². The van der Waals surface area contributed by atoms with E-state index in [0.717, 1.165) is 6.54 Å². The van der Waals surface area contributed by atoms with Gasteiger partial charge < -0.3 is 0 Å². The Balaban J connectivity index is 3.14. The van der Waals surface area contributed by atoms with Crippen molar-refractivity contribution >= 4 is 22.9 Å². The summed E-state index contributed by atoms with van der Waals surface area (Å²) < 4.78 is 3.16. The lowest BCUT2D eigenvalue weighted by Gasteiger charge is -2.10. The molecule has 0 heterocycles. The lowest BCUT2D eigenvalue weighted by Crippen LogP contribution is -2.03. The van der Waals surface area contributed by atoms with Gasteiger partial charge in [-0.05, 0) is 43.0 Å². The molecule has 0 saturated heterocycles. The first-order valence-electron chi connectivity index (χ1n) is 4.06. The van der Waals surface area contributed by atoms with Crippen LogP contribution in [0.25, 0.3) is 0 Å². The van der Waals surface area contributed by atoms with Gasteiger partial charge in [-0.2, -0.15) is 0 Å². The van der Waals surface area contributed by atoms with Gasteiger partial charge in [0.25, 0.3) is 0 Å². The third kappa shape index (κ3) is 1.98. The van der Waals surface area contributed by atoms with Crippen LogP contribution in [0.1, 0.15) is 22.3 Å². The van der Waals surface area contributed by atoms with Crippen molar-refractivity contribution in [1.29, 1.82) is 0 Å². The second-order valence-electron chi connectivity index (χ2n) is 3.11. The largest absolute Gasteiger partial charge is 0.257 e. The predicted molar refractivity (Wildman–Crippen MR) is 61.5 cm³/mol. The molecule has 0 spiro atoms. The lowest BCUT2D eigenvalue weighted by atomic mass is 9.99.